The van der Waals surface area contributed by atoms with Crippen molar-refractivity contribution in [3.8, 4) is 0 Å². The zero-order valence-corrected chi connectivity index (χ0v) is 10.5. The van der Waals surface area contributed by atoms with Gasteiger partial charge in [-0.1, -0.05) is 13.8 Å². The van der Waals surface area contributed by atoms with Crippen molar-refractivity contribution in [3.05, 3.63) is 0 Å². The summed E-state index contributed by atoms with van der Waals surface area (Å²) in [7, 11) is 0. The minimum absolute atomic E-state index is 0.737. The Labute approximate surface area is 94.4 Å². The van der Waals surface area contributed by atoms with Crippen LogP contribution in [0, 0.1) is 17.8 Å². The molecule has 2 heterocycles. The van der Waals surface area contributed by atoms with E-state index < -0.39 is 0 Å². The standard InChI is InChI=1S/C13H26N2/c1-10-7-15(8-11(10)2)9-13-4-5-14-12(3)6-13/h10-14H,4-9H2,1-3H3. The lowest BCUT2D eigenvalue weighted by molar-refractivity contribution is 0.214. The van der Waals surface area contributed by atoms with Crippen molar-refractivity contribution >= 4 is 0 Å². The summed E-state index contributed by atoms with van der Waals surface area (Å²) in [5.41, 5.74) is 0. The lowest BCUT2D eigenvalue weighted by Crippen LogP contribution is -2.40. The van der Waals surface area contributed by atoms with Crippen LogP contribution >= 0.6 is 0 Å². The Morgan fingerprint density at radius 2 is 1.80 bits per heavy atom. The van der Waals surface area contributed by atoms with Gasteiger partial charge in [0.2, 0.25) is 0 Å². The van der Waals surface area contributed by atoms with Crippen LogP contribution in [0.1, 0.15) is 33.6 Å². The van der Waals surface area contributed by atoms with Crippen molar-refractivity contribution in [3.63, 3.8) is 0 Å². The second kappa shape index (κ2) is 4.84. The van der Waals surface area contributed by atoms with Crippen LogP contribution in [0.3, 0.4) is 0 Å². The summed E-state index contributed by atoms with van der Waals surface area (Å²) >= 11 is 0. The average molecular weight is 210 g/mol. The molecule has 0 aliphatic carbocycles. The van der Waals surface area contributed by atoms with Gasteiger partial charge in [-0.3, -0.25) is 0 Å². The van der Waals surface area contributed by atoms with E-state index in [1.807, 2.05) is 0 Å². The highest BCUT2D eigenvalue weighted by Gasteiger charge is 2.28. The Hall–Kier alpha value is -0.0800. The molecule has 2 heteroatoms. The predicted molar refractivity (Wildman–Crippen MR) is 65.0 cm³/mol. The first-order valence-corrected chi connectivity index (χ1v) is 6.61. The van der Waals surface area contributed by atoms with Crippen molar-refractivity contribution in [2.24, 2.45) is 17.8 Å². The summed E-state index contributed by atoms with van der Waals surface area (Å²) < 4.78 is 0. The van der Waals surface area contributed by atoms with Gasteiger partial charge in [0.15, 0.2) is 0 Å². The van der Waals surface area contributed by atoms with Gasteiger partial charge < -0.3 is 10.2 Å². The van der Waals surface area contributed by atoms with Crippen molar-refractivity contribution in [2.45, 2.75) is 39.7 Å². The molecule has 0 amide bonds. The number of piperidine rings is 1. The normalized spacial score (nSPS) is 43.4. The molecule has 2 aliphatic rings. The number of rotatable bonds is 2. The van der Waals surface area contributed by atoms with Crippen LogP contribution in [0.15, 0.2) is 0 Å². The highest BCUT2D eigenvalue weighted by molar-refractivity contribution is 4.83. The molecular formula is C13H26N2. The molecule has 2 saturated heterocycles. The maximum atomic E-state index is 3.54. The third-order valence-electron chi connectivity index (χ3n) is 4.31. The fourth-order valence-corrected chi connectivity index (χ4v) is 3.16. The van der Waals surface area contributed by atoms with Gasteiger partial charge in [0.05, 0.1) is 0 Å². The molecule has 4 unspecified atom stereocenters. The molecule has 0 spiro atoms. The van der Waals surface area contributed by atoms with Gasteiger partial charge >= 0.3 is 0 Å². The van der Waals surface area contributed by atoms with Gasteiger partial charge in [-0.15, -0.1) is 0 Å². The van der Waals surface area contributed by atoms with Crippen molar-refractivity contribution < 1.29 is 0 Å². The third-order valence-corrected chi connectivity index (χ3v) is 4.31. The fraction of sp³-hybridized carbons (Fsp3) is 1.00. The monoisotopic (exact) mass is 210 g/mol. The maximum Gasteiger partial charge on any atom is 0.00418 e. The molecule has 2 aliphatic heterocycles. The molecule has 0 radical (unpaired) electrons. The van der Waals surface area contributed by atoms with E-state index in [9.17, 15) is 0 Å². The van der Waals surface area contributed by atoms with Gasteiger partial charge in [-0.05, 0) is 44.1 Å². The molecule has 4 atom stereocenters. The van der Waals surface area contributed by atoms with Crippen LogP contribution in [0.2, 0.25) is 0 Å². The molecular weight excluding hydrogens is 184 g/mol. The number of nitrogens with one attached hydrogen (secondary N) is 1. The minimum Gasteiger partial charge on any atom is -0.314 e. The van der Waals surface area contributed by atoms with E-state index in [0.29, 0.717) is 0 Å². The van der Waals surface area contributed by atoms with E-state index in [1.165, 1.54) is 39.0 Å². The van der Waals surface area contributed by atoms with Gasteiger partial charge in [0.1, 0.15) is 0 Å². The van der Waals surface area contributed by atoms with Crippen molar-refractivity contribution in [1.29, 1.82) is 0 Å². The van der Waals surface area contributed by atoms with Crippen LogP contribution in [0.25, 0.3) is 0 Å². The molecule has 2 fully saturated rings. The first kappa shape index (κ1) is 11.4. The summed E-state index contributed by atoms with van der Waals surface area (Å²) in [6.07, 6.45) is 2.75. The molecule has 2 rings (SSSR count). The SMILES string of the molecule is CC1CC(CN2CC(C)C(C)C2)CCN1. The second-order valence-electron chi connectivity index (χ2n) is 5.92. The third kappa shape index (κ3) is 2.94. The number of nitrogens with zero attached hydrogens (tertiary/aromatic N) is 1. The molecule has 88 valence electrons. The molecule has 2 nitrogen and oxygen atoms in total. The van der Waals surface area contributed by atoms with Crippen LogP contribution in [-0.4, -0.2) is 37.1 Å². The van der Waals surface area contributed by atoms with Crippen LogP contribution in [0.4, 0.5) is 0 Å². The average Bonchev–Trinajstić information content (AvgIpc) is 2.45. The molecule has 0 aromatic heterocycles. The summed E-state index contributed by atoms with van der Waals surface area (Å²) in [6, 6.07) is 0.737. The van der Waals surface area contributed by atoms with Crippen LogP contribution in [-0.2, 0) is 0 Å². The molecule has 0 saturated carbocycles. The summed E-state index contributed by atoms with van der Waals surface area (Å²) in [4.78, 5) is 2.69. The molecule has 15 heavy (non-hydrogen) atoms. The molecule has 0 aromatic carbocycles. The van der Waals surface area contributed by atoms with Gasteiger partial charge in [0.25, 0.3) is 0 Å². The Balaban J connectivity index is 1.77. The predicted octanol–water partition coefficient (Wildman–Crippen LogP) is 1.96. The lowest BCUT2D eigenvalue weighted by atomic mass is 9.93. The maximum absolute atomic E-state index is 3.54. The fourth-order valence-electron chi connectivity index (χ4n) is 3.16. The van der Waals surface area contributed by atoms with E-state index in [2.05, 4.69) is 31.0 Å². The van der Waals surface area contributed by atoms with Crippen LogP contribution < -0.4 is 5.32 Å². The first-order chi connectivity index (χ1) is 7.15. The highest BCUT2D eigenvalue weighted by Crippen LogP contribution is 2.25. The van der Waals surface area contributed by atoms with Gasteiger partial charge in [-0.2, -0.15) is 0 Å². The lowest BCUT2D eigenvalue weighted by Gasteiger charge is -2.31. The smallest absolute Gasteiger partial charge is 0.00418 e. The Kier molecular flexibility index (Phi) is 3.68. The summed E-state index contributed by atoms with van der Waals surface area (Å²) in [5, 5.41) is 3.54. The zero-order chi connectivity index (χ0) is 10.8. The summed E-state index contributed by atoms with van der Waals surface area (Å²) in [5.74, 6) is 2.76. The minimum atomic E-state index is 0.737. The van der Waals surface area contributed by atoms with Gasteiger partial charge in [-0.25, -0.2) is 0 Å². The van der Waals surface area contributed by atoms with E-state index in [4.69, 9.17) is 0 Å². The van der Waals surface area contributed by atoms with E-state index >= 15 is 0 Å². The Morgan fingerprint density at radius 3 is 2.40 bits per heavy atom. The van der Waals surface area contributed by atoms with Crippen molar-refractivity contribution in [2.75, 3.05) is 26.2 Å². The number of likely N-dealkylation sites (tertiary alicyclic amines) is 1. The van der Waals surface area contributed by atoms with E-state index in [0.717, 1.165) is 23.8 Å². The van der Waals surface area contributed by atoms with Gasteiger partial charge in [0, 0.05) is 25.7 Å². The zero-order valence-electron chi connectivity index (χ0n) is 10.5. The van der Waals surface area contributed by atoms with E-state index in [-0.39, 0.29) is 0 Å². The summed E-state index contributed by atoms with van der Waals surface area (Å²) in [6.45, 7) is 12.4. The first-order valence-electron chi connectivity index (χ1n) is 6.61. The molecule has 1 N–H and O–H groups in total. The quantitative estimate of drug-likeness (QED) is 0.749. The molecule has 0 bridgehead atoms. The topological polar surface area (TPSA) is 15.3 Å². The van der Waals surface area contributed by atoms with E-state index in [1.54, 1.807) is 0 Å². The largest absolute Gasteiger partial charge is 0.314 e. The second-order valence-corrected chi connectivity index (χ2v) is 5.92. The Bertz CT molecular complexity index is 192. The van der Waals surface area contributed by atoms with Crippen LogP contribution in [0.5, 0.6) is 0 Å². The highest BCUT2D eigenvalue weighted by atomic mass is 15.2. The Morgan fingerprint density at radius 1 is 1.13 bits per heavy atom. The van der Waals surface area contributed by atoms with Crippen molar-refractivity contribution in [1.82, 2.24) is 10.2 Å². The molecule has 0 aromatic rings. The number of hydrogen-bond acceptors (Lipinski definition) is 2. The number of hydrogen-bond donors (Lipinski definition) is 1.